The maximum Gasteiger partial charge on any atom is 0.339 e. The molecule has 2 aromatic heterocycles. The Morgan fingerprint density at radius 2 is 1.97 bits per heavy atom. The van der Waals surface area contributed by atoms with E-state index in [1.807, 2.05) is 13.8 Å². The number of carbonyl (C=O) groups is 1. The van der Waals surface area contributed by atoms with Crippen molar-refractivity contribution < 1.29 is 32.9 Å². The van der Waals surface area contributed by atoms with Crippen LogP contribution in [0.5, 0.6) is 5.75 Å². The summed E-state index contributed by atoms with van der Waals surface area (Å²) in [5.41, 5.74) is -0.123. The monoisotopic (exact) mass is 421 g/mol. The van der Waals surface area contributed by atoms with Crippen LogP contribution in [0.1, 0.15) is 36.2 Å². The van der Waals surface area contributed by atoms with Crippen molar-refractivity contribution in [1.82, 2.24) is 14.6 Å². The number of aromatic carboxylic acids is 1. The number of rotatable bonds is 4. The number of hydrogen-bond acceptors (Lipinski definition) is 6. The smallest absolute Gasteiger partial charge is 0.339 e. The number of alkyl halides is 2. The molecule has 8 nitrogen and oxygen atoms in total. The Morgan fingerprint density at radius 3 is 2.50 bits per heavy atom. The summed E-state index contributed by atoms with van der Waals surface area (Å²) in [4.78, 5) is 15.3. The van der Waals surface area contributed by atoms with Crippen LogP contribution in [0.25, 0.3) is 17.0 Å². The first-order chi connectivity index (χ1) is 14.2. The molecule has 1 saturated heterocycles. The van der Waals surface area contributed by atoms with Crippen LogP contribution in [0.15, 0.2) is 36.5 Å². The Labute approximate surface area is 171 Å². The van der Waals surface area contributed by atoms with Gasteiger partial charge in [-0.2, -0.15) is 0 Å². The predicted molar refractivity (Wildman–Crippen MR) is 103 cm³/mol. The van der Waals surface area contributed by atoms with Gasteiger partial charge in [0.1, 0.15) is 11.3 Å². The highest BCUT2D eigenvalue weighted by molar-refractivity contribution is 5.94. The van der Waals surface area contributed by atoms with E-state index in [0.29, 0.717) is 5.75 Å². The number of hydrogen-bond donors (Lipinski definition) is 1. The highest BCUT2D eigenvalue weighted by Crippen LogP contribution is 2.32. The fraction of sp³-hybridized carbons (Fsp3) is 0.350. The minimum Gasteiger partial charge on any atom is -0.497 e. The van der Waals surface area contributed by atoms with Gasteiger partial charge < -0.3 is 19.3 Å². The lowest BCUT2D eigenvalue weighted by molar-refractivity contribution is -0.125. The second-order valence-corrected chi connectivity index (χ2v) is 6.78. The molecule has 30 heavy (non-hydrogen) atoms. The van der Waals surface area contributed by atoms with Gasteiger partial charge in [0.25, 0.3) is 6.43 Å². The number of halogens is 2. The summed E-state index contributed by atoms with van der Waals surface area (Å²) < 4.78 is 43.0. The molecule has 1 aliphatic heterocycles. The maximum absolute atomic E-state index is 13.3. The summed E-state index contributed by atoms with van der Waals surface area (Å²) in [6, 6.07) is 7.03. The molecule has 10 heteroatoms. The summed E-state index contributed by atoms with van der Waals surface area (Å²) in [6.45, 7) is 5.32. The van der Waals surface area contributed by atoms with E-state index in [1.54, 1.807) is 0 Å². The summed E-state index contributed by atoms with van der Waals surface area (Å²) >= 11 is 0. The van der Waals surface area contributed by atoms with Crippen molar-refractivity contribution in [3.8, 4) is 17.1 Å². The van der Waals surface area contributed by atoms with Gasteiger partial charge >= 0.3 is 5.97 Å². The molecule has 1 N–H and O–H groups in total. The van der Waals surface area contributed by atoms with Crippen LogP contribution in [0.4, 0.5) is 8.78 Å². The number of pyridine rings is 1. The van der Waals surface area contributed by atoms with E-state index in [9.17, 15) is 13.6 Å². The van der Waals surface area contributed by atoms with E-state index < -0.39 is 12.4 Å². The van der Waals surface area contributed by atoms with Crippen LogP contribution in [0.3, 0.4) is 0 Å². The first-order valence-corrected chi connectivity index (χ1v) is 9.05. The topological polar surface area (TPSA) is 95.2 Å². The number of carboxylic acid groups (broad SMARTS) is 1. The standard InChI is InChI=1S/C15H11F2N3O3.C5H10O2/c1-23-8-4-5-9(11(7-8)12(16)17)13-18-14-10(15(21)22)3-2-6-20(14)19-13;1-5(2)6-3-4-7-5/h2-7,12H,1H3,(H,21,22);3-4H2,1-2H3. The van der Waals surface area contributed by atoms with Crippen LogP contribution >= 0.6 is 0 Å². The van der Waals surface area contributed by atoms with Crippen LogP contribution in [0, 0.1) is 0 Å². The number of carboxylic acids is 1. The number of methoxy groups -OCH3 is 1. The van der Waals surface area contributed by atoms with Crippen LogP contribution in [-0.2, 0) is 9.47 Å². The molecule has 0 saturated carbocycles. The zero-order valence-corrected chi connectivity index (χ0v) is 16.6. The van der Waals surface area contributed by atoms with Gasteiger partial charge in [-0.1, -0.05) is 0 Å². The predicted octanol–water partition coefficient (Wildman–Crippen LogP) is 3.81. The fourth-order valence-electron chi connectivity index (χ4n) is 2.86. The molecule has 0 spiro atoms. The summed E-state index contributed by atoms with van der Waals surface area (Å²) in [5.74, 6) is -1.16. The first-order valence-electron chi connectivity index (χ1n) is 9.05. The fourth-order valence-corrected chi connectivity index (χ4v) is 2.86. The van der Waals surface area contributed by atoms with E-state index in [1.165, 1.54) is 48.2 Å². The molecule has 0 bridgehead atoms. The van der Waals surface area contributed by atoms with Gasteiger partial charge in [-0.25, -0.2) is 23.1 Å². The number of fused-ring (bicyclic) bond motifs is 1. The number of ether oxygens (including phenoxy) is 3. The maximum atomic E-state index is 13.3. The zero-order valence-electron chi connectivity index (χ0n) is 16.6. The van der Waals surface area contributed by atoms with E-state index in [0.717, 1.165) is 13.2 Å². The minimum absolute atomic E-state index is 0.0247. The zero-order chi connectivity index (χ0) is 21.9. The molecule has 0 amide bonds. The Hall–Kier alpha value is -3.11. The van der Waals surface area contributed by atoms with Gasteiger partial charge in [-0.15, -0.1) is 5.10 Å². The lowest BCUT2D eigenvalue weighted by atomic mass is 10.1. The molecule has 3 heterocycles. The number of nitrogens with zero attached hydrogens (tertiary/aromatic N) is 3. The third-order valence-corrected chi connectivity index (χ3v) is 4.31. The highest BCUT2D eigenvalue weighted by Gasteiger charge is 2.23. The van der Waals surface area contributed by atoms with Crippen LogP contribution < -0.4 is 4.74 Å². The van der Waals surface area contributed by atoms with E-state index >= 15 is 0 Å². The van der Waals surface area contributed by atoms with Gasteiger partial charge in [-0.3, -0.25) is 0 Å². The second-order valence-electron chi connectivity index (χ2n) is 6.78. The Kier molecular flexibility index (Phi) is 6.28. The average Bonchev–Trinajstić information content (AvgIpc) is 3.32. The van der Waals surface area contributed by atoms with Gasteiger partial charge in [0, 0.05) is 17.3 Å². The molecule has 0 radical (unpaired) electrons. The lowest BCUT2D eigenvalue weighted by Gasteiger charge is -2.13. The molecule has 0 atom stereocenters. The molecule has 1 aliphatic rings. The third-order valence-electron chi connectivity index (χ3n) is 4.31. The molecule has 1 fully saturated rings. The van der Waals surface area contributed by atoms with Gasteiger partial charge in [0.2, 0.25) is 0 Å². The van der Waals surface area contributed by atoms with Gasteiger partial charge in [0.15, 0.2) is 17.3 Å². The van der Waals surface area contributed by atoms with Gasteiger partial charge in [-0.05, 0) is 44.2 Å². The molecule has 1 aromatic carbocycles. The molecule has 0 aliphatic carbocycles. The van der Waals surface area contributed by atoms with E-state index in [2.05, 4.69) is 10.1 Å². The largest absolute Gasteiger partial charge is 0.497 e. The quantitative estimate of drug-likeness (QED) is 0.684. The van der Waals surface area contributed by atoms with E-state index in [-0.39, 0.29) is 33.9 Å². The Bertz CT molecular complexity index is 1040. The molecule has 0 unspecified atom stereocenters. The second kappa shape index (κ2) is 8.72. The van der Waals surface area contributed by atoms with Crippen molar-refractivity contribution in [2.24, 2.45) is 0 Å². The van der Waals surface area contributed by atoms with Crippen molar-refractivity contribution in [3.63, 3.8) is 0 Å². The first kappa shape index (κ1) is 21.6. The van der Waals surface area contributed by atoms with Crippen molar-refractivity contribution in [3.05, 3.63) is 47.7 Å². The SMILES string of the molecule is CC1(C)OCCO1.COc1ccc(-c2nc3c(C(=O)O)cccn3n2)c(C(F)F)c1. The molecule has 4 rings (SSSR count). The van der Waals surface area contributed by atoms with Crippen LogP contribution in [0.2, 0.25) is 0 Å². The summed E-state index contributed by atoms with van der Waals surface area (Å²) in [7, 11) is 1.38. The van der Waals surface area contributed by atoms with Crippen LogP contribution in [-0.4, -0.2) is 51.8 Å². The number of benzene rings is 1. The number of aromatic nitrogens is 3. The third kappa shape index (κ3) is 4.71. The highest BCUT2D eigenvalue weighted by atomic mass is 19.3. The van der Waals surface area contributed by atoms with Gasteiger partial charge in [0.05, 0.1) is 20.3 Å². The Balaban J connectivity index is 0.000000310. The van der Waals surface area contributed by atoms with Crippen molar-refractivity contribution in [1.29, 1.82) is 0 Å². The minimum atomic E-state index is -2.74. The summed E-state index contributed by atoms with van der Waals surface area (Å²) in [5, 5.41) is 13.2. The van der Waals surface area contributed by atoms with Crippen molar-refractivity contribution >= 4 is 11.6 Å². The Morgan fingerprint density at radius 1 is 1.27 bits per heavy atom. The average molecular weight is 421 g/mol. The normalized spacial score (nSPS) is 15.1. The molecule has 3 aromatic rings. The summed E-state index contributed by atoms with van der Waals surface area (Å²) in [6.07, 6.45) is -1.24. The molecular weight excluding hydrogens is 400 g/mol. The molecular formula is C20H21F2N3O5. The van der Waals surface area contributed by atoms with Crippen molar-refractivity contribution in [2.45, 2.75) is 26.1 Å². The lowest BCUT2D eigenvalue weighted by Crippen LogP contribution is -2.18. The van der Waals surface area contributed by atoms with Crippen molar-refractivity contribution in [2.75, 3.05) is 20.3 Å². The van der Waals surface area contributed by atoms with E-state index in [4.69, 9.17) is 19.3 Å². The molecule has 160 valence electrons.